The molecule has 74 valence electrons. The lowest BCUT2D eigenvalue weighted by Gasteiger charge is -2.10. The third-order valence-corrected chi connectivity index (χ3v) is 2.55. The molecule has 0 saturated heterocycles. The van der Waals surface area contributed by atoms with E-state index in [0.717, 1.165) is 11.8 Å². The van der Waals surface area contributed by atoms with Crippen molar-refractivity contribution in [1.29, 1.82) is 0 Å². The number of nitrogens with zero attached hydrogens (tertiary/aromatic N) is 2. The van der Waals surface area contributed by atoms with Gasteiger partial charge in [0.2, 0.25) is 0 Å². The van der Waals surface area contributed by atoms with Crippen molar-refractivity contribution in [2.75, 3.05) is 0 Å². The number of thioether (sulfide) groups is 1. The lowest BCUT2D eigenvalue weighted by atomic mass is 10.4. The second kappa shape index (κ2) is 4.76. The molecule has 0 saturated carbocycles. The fourth-order valence-corrected chi connectivity index (χ4v) is 1.52. The van der Waals surface area contributed by atoms with Crippen molar-refractivity contribution in [3.8, 4) is 0 Å². The molecule has 0 aliphatic heterocycles. The van der Waals surface area contributed by atoms with Crippen molar-refractivity contribution in [3.63, 3.8) is 0 Å². The van der Waals surface area contributed by atoms with Crippen LogP contribution in [-0.2, 0) is 4.79 Å². The number of ketones is 1. The Morgan fingerprint density at radius 1 is 1.36 bits per heavy atom. The van der Waals surface area contributed by atoms with Gasteiger partial charge >= 0.3 is 0 Å². The number of hydrogen-bond donors (Lipinski definition) is 0. The molecule has 4 nitrogen and oxygen atoms in total. The van der Waals surface area contributed by atoms with Crippen LogP contribution < -0.4 is 5.11 Å². The van der Waals surface area contributed by atoms with Gasteiger partial charge in [0.25, 0.3) is 0 Å². The third-order valence-electron chi connectivity index (χ3n) is 1.37. The van der Waals surface area contributed by atoms with Crippen LogP contribution in [0.1, 0.15) is 13.8 Å². The standard InChI is InChI=1S/C9H10N2O2S/c1-6(12)8(7(2)13)14-9-10-4-3-5-11-9/h3-5,12H,1-2H3/p-1/b8-6-. The van der Waals surface area contributed by atoms with Gasteiger partial charge in [-0.05, 0) is 24.8 Å². The van der Waals surface area contributed by atoms with E-state index in [2.05, 4.69) is 9.97 Å². The molecule has 14 heavy (non-hydrogen) atoms. The van der Waals surface area contributed by atoms with Gasteiger partial charge in [-0.1, -0.05) is 6.92 Å². The maximum absolute atomic E-state index is 11.1. The average Bonchev–Trinajstić information content (AvgIpc) is 2.15. The van der Waals surface area contributed by atoms with Crippen LogP contribution >= 0.6 is 11.8 Å². The molecule has 0 aromatic carbocycles. The highest BCUT2D eigenvalue weighted by atomic mass is 32.2. The van der Waals surface area contributed by atoms with Crippen molar-refractivity contribution in [2.45, 2.75) is 19.0 Å². The van der Waals surface area contributed by atoms with Crippen LogP contribution in [0.4, 0.5) is 0 Å². The summed E-state index contributed by atoms with van der Waals surface area (Å²) in [5, 5.41) is 11.5. The van der Waals surface area contributed by atoms with E-state index in [1.54, 1.807) is 18.5 Å². The van der Waals surface area contributed by atoms with Crippen molar-refractivity contribution in [1.82, 2.24) is 9.97 Å². The van der Waals surface area contributed by atoms with Crippen LogP contribution in [0.2, 0.25) is 0 Å². The van der Waals surface area contributed by atoms with Crippen molar-refractivity contribution < 1.29 is 9.90 Å². The highest BCUT2D eigenvalue weighted by molar-refractivity contribution is 8.03. The lowest BCUT2D eigenvalue weighted by molar-refractivity contribution is -0.302. The Bertz CT molecular complexity index is 358. The van der Waals surface area contributed by atoms with Crippen LogP contribution in [0.25, 0.3) is 0 Å². The number of rotatable bonds is 3. The fourth-order valence-electron chi connectivity index (χ4n) is 0.821. The monoisotopic (exact) mass is 209 g/mol. The van der Waals surface area contributed by atoms with Crippen molar-refractivity contribution >= 4 is 17.5 Å². The lowest BCUT2D eigenvalue weighted by Crippen LogP contribution is -2.07. The van der Waals surface area contributed by atoms with Gasteiger partial charge < -0.3 is 5.11 Å². The molecule has 0 fully saturated rings. The van der Waals surface area contributed by atoms with Crippen molar-refractivity contribution in [3.05, 3.63) is 29.1 Å². The van der Waals surface area contributed by atoms with Gasteiger partial charge in [0, 0.05) is 17.3 Å². The first-order valence-corrected chi connectivity index (χ1v) is 4.76. The van der Waals surface area contributed by atoms with E-state index < -0.39 is 0 Å². The number of allylic oxidation sites excluding steroid dienone is 2. The molecule has 0 unspecified atom stereocenters. The van der Waals surface area contributed by atoms with Crippen LogP contribution in [-0.4, -0.2) is 15.8 Å². The number of aromatic nitrogens is 2. The van der Waals surface area contributed by atoms with Crippen LogP contribution in [0, 0.1) is 0 Å². The summed E-state index contributed by atoms with van der Waals surface area (Å²) >= 11 is 1.00. The molecule has 1 rings (SSSR count). The molecule has 0 amide bonds. The normalized spacial score (nSPS) is 12.1. The second-order valence-corrected chi connectivity index (χ2v) is 3.55. The predicted molar refractivity (Wildman–Crippen MR) is 51.3 cm³/mol. The largest absolute Gasteiger partial charge is 0.875 e. The Balaban J connectivity index is 2.87. The first-order chi connectivity index (χ1) is 6.61. The average molecular weight is 209 g/mol. The molecule has 1 heterocycles. The summed E-state index contributed by atoms with van der Waals surface area (Å²) in [7, 11) is 0. The summed E-state index contributed by atoms with van der Waals surface area (Å²) < 4.78 is 0. The fraction of sp³-hybridized carbons (Fsp3) is 0.222. The van der Waals surface area contributed by atoms with E-state index >= 15 is 0 Å². The van der Waals surface area contributed by atoms with Gasteiger partial charge in [-0.15, -0.1) is 5.76 Å². The Morgan fingerprint density at radius 3 is 2.36 bits per heavy atom. The minimum Gasteiger partial charge on any atom is -0.875 e. The summed E-state index contributed by atoms with van der Waals surface area (Å²) in [5.41, 5.74) is 0. The quantitative estimate of drug-likeness (QED) is 0.318. The zero-order chi connectivity index (χ0) is 10.6. The molecule has 0 atom stereocenters. The summed E-state index contributed by atoms with van der Waals surface area (Å²) in [5.74, 6) is -0.509. The Kier molecular flexibility index (Phi) is 3.64. The zero-order valence-electron chi connectivity index (χ0n) is 7.85. The summed E-state index contributed by atoms with van der Waals surface area (Å²) in [6, 6.07) is 1.67. The predicted octanol–water partition coefficient (Wildman–Crippen LogP) is 0.749. The molecule has 0 spiro atoms. The molecule has 0 radical (unpaired) electrons. The maximum Gasteiger partial charge on any atom is 0.192 e. The van der Waals surface area contributed by atoms with E-state index in [1.807, 2.05) is 0 Å². The van der Waals surface area contributed by atoms with Crippen molar-refractivity contribution in [2.24, 2.45) is 0 Å². The highest BCUT2D eigenvalue weighted by Gasteiger charge is 2.07. The SMILES string of the molecule is CC(=O)/C(Sc1ncccn1)=C(\C)[O-]. The van der Waals surface area contributed by atoms with Gasteiger partial charge in [0.15, 0.2) is 10.9 Å². The zero-order valence-corrected chi connectivity index (χ0v) is 8.67. The van der Waals surface area contributed by atoms with Crippen LogP contribution in [0.3, 0.4) is 0 Å². The van der Waals surface area contributed by atoms with Gasteiger partial charge in [-0.3, -0.25) is 4.79 Å². The Hall–Kier alpha value is -1.36. The molecule has 1 aromatic rings. The minimum atomic E-state index is -0.255. The summed E-state index contributed by atoms with van der Waals surface area (Å²) in [6.07, 6.45) is 3.13. The summed E-state index contributed by atoms with van der Waals surface area (Å²) in [6.45, 7) is 2.71. The Labute approximate surface area is 86.1 Å². The molecule has 0 bridgehead atoms. The molecular weight excluding hydrogens is 200 g/mol. The van der Waals surface area contributed by atoms with E-state index in [9.17, 15) is 9.90 Å². The molecular formula is C9H9N2O2S-. The van der Waals surface area contributed by atoms with E-state index in [1.165, 1.54) is 13.8 Å². The molecule has 0 aliphatic carbocycles. The maximum atomic E-state index is 11.1. The van der Waals surface area contributed by atoms with E-state index in [-0.39, 0.29) is 16.4 Å². The van der Waals surface area contributed by atoms with Gasteiger partial charge in [-0.2, -0.15) is 0 Å². The van der Waals surface area contributed by atoms with Crippen LogP contribution in [0.5, 0.6) is 0 Å². The number of carbonyl (C=O) groups is 1. The summed E-state index contributed by atoms with van der Waals surface area (Å²) in [4.78, 5) is 19.0. The third kappa shape index (κ3) is 2.85. The minimum absolute atomic E-state index is 0.163. The molecule has 1 aromatic heterocycles. The van der Waals surface area contributed by atoms with E-state index in [4.69, 9.17) is 0 Å². The first kappa shape index (κ1) is 10.7. The Morgan fingerprint density at radius 2 is 1.93 bits per heavy atom. The number of carbonyl (C=O) groups excluding carboxylic acids is 1. The van der Waals surface area contributed by atoms with Gasteiger partial charge in [0.1, 0.15) is 0 Å². The molecule has 0 N–H and O–H groups in total. The number of hydrogen-bond acceptors (Lipinski definition) is 5. The second-order valence-electron chi connectivity index (χ2n) is 2.57. The van der Waals surface area contributed by atoms with Gasteiger partial charge in [-0.25, -0.2) is 9.97 Å². The smallest absolute Gasteiger partial charge is 0.192 e. The molecule has 0 aliphatic rings. The topological polar surface area (TPSA) is 65.9 Å². The highest BCUT2D eigenvalue weighted by Crippen LogP contribution is 2.24. The first-order valence-electron chi connectivity index (χ1n) is 3.95. The van der Waals surface area contributed by atoms with Gasteiger partial charge in [0.05, 0.1) is 0 Å². The number of Topliss-reactive ketones (excluding diaryl/α,β-unsaturated/α-hetero) is 1. The molecule has 5 heteroatoms. The van der Waals surface area contributed by atoms with Crippen LogP contribution in [0.15, 0.2) is 34.3 Å². The van der Waals surface area contributed by atoms with E-state index in [0.29, 0.717) is 5.16 Å².